The molecule has 3 aliphatic heterocycles. The van der Waals surface area contributed by atoms with E-state index in [0.29, 0.717) is 36.6 Å². The van der Waals surface area contributed by atoms with Gasteiger partial charge in [-0.15, -0.1) is 0 Å². The van der Waals surface area contributed by atoms with Crippen LogP contribution in [-0.4, -0.2) is 57.5 Å². The summed E-state index contributed by atoms with van der Waals surface area (Å²) in [6.07, 6.45) is 1.68. The molecule has 6 rings (SSSR count). The second-order valence-corrected chi connectivity index (χ2v) is 10.9. The molecule has 0 aliphatic carbocycles. The van der Waals surface area contributed by atoms with Crippen molar-refractivity contribution in [3.63, 3.8) is 0 Å². The standard InChI is InChI=1S/C30H26ClFN4O4/c1-16-20-7-5-19(31)14-23(20)33-27(16)30(40)35-12-10-17(11-13-35)2-3-18-4-6-21-22(26(18)32)15-36(29(21)39)24-8-9-25(37)34-28(24)38/h4-7,14,17,24,33H,8-13,15H2,1H3,(H,34,37,38). The molecule has 0 spiro atoms. The van der Waals surface area contributed by atoms with Crippen LogP contribution in [0.15, 0.2) is 30.3 Å². The molecule has 0 saturated carbocycles. The number of aryl methyl sites for hydroxylation is 1. The fourth-order valence-corrected chi connectivity index (χ4v) is 5.96. The monoisotopic (exact) mass is 560 g/mol. The van der Waals surface area contributed by atoms with E-state index in [1.165, 1.54) is 11.0 Å². The number of rotatable bonds is 2. The van der Waals surface area contributed by atoms with E-state index in [-0.39, 0.29) is 53.8 Å². The topological polar surface area (TPSA) is 103 Å². The first-order chi connectivity index (χ1) is 19.2. The SMILES string of the molecule is Cc1c(C(=O)N2CCC(C#Cc3ccc4c(c3F)CN(C3CCC(=O)NC3=O)C4=O)CC2)[nH]c2cc(Cl)ccc12. The minimum Gasteiger partial charge on any atom is -0.350 e. The number of nitrogens with one attached hydrogen (secondary N) is 2. The van der Waals surface area contributed by atoms with E-state index in [4.69, 9.17) is 11.6 Å². The quantitative estimate of drug-likeness (QED) is 0.366. The van der Waals surface area contributed by atoms with Crippen LogP contribution in [0.2, 0.25) is 5.02 Å². The van der Waals surface area contributed by atoms with Gasteiger partial charge in [-0.05, 0) is 56.0 Å². The number of likely N-dealkylation sites (tertiary alicyclic amines) is 1. The van der Waals surface area contributed by atoms with Crippen LogP contribution in [0.5, 0.6) is 0 Å². The summed E-state index contributed by atoms with van der Waals surface area (Å²) in [5, 5.41) is 3.81. The fourth-order valence-electron chi connectivity index (χ4n) is 5.79. The Morgan fingerprint density at radius 2 is 1.88 bits per heavy atom. The third-order valence-corrected chi connectivity index (χ3v) is 8.31. The number of amides is 4. The number of H-pyrrole nitrogens is 1. The molecular formula is C30H26ClFN4O4. The van der Waals surface area contributed by atoms with E-state index in [1.807, 2.05) is 24.0 Å². The second kappa shape index (κ2) is 10.1. The molecule has 3 aliphatic rings. The van der Waals surface area contributed by atoms with Crippen molar-refractivity contribution in [2.24, 2.45) is 5.92 Å². The number of aromatic nitrogens is 1. The van der Waals surface area contributed by atoms with Gasteiger partial charge in [0.25, 0.3) is 11.8 Å². The first-order valence-corrected chi connectivity index (χ1v) is 13.6. The largest absolute Gasteiger partial charge is 0.350 e. The number of benzene rings is 2. The summed E-state index contributed by atoms with van der Waals surface area (Å²) in [7, 11) is 0. The maximum absolute atomic E-state index is 15.4. The normalized spacial score (nSPS) is 19.5. The number of aromatic amines is 1. The number of fused-ring (bicyclic) bond motifs is 2. The molecule has 4 amide bonds. The van der Waals surface area contributed by atoms with Gasteiger partial charge in [0.2, 0.25) is 11.8 Å². The smallest absolute Gasteiger partial charge is 0.270 e. The highest BCUT2D eigenvalue weighted by Gasteiger charge is 2.40. The van der Waals surface area contributed by atoms with Gasteiger partial charge in [0.05, 0.1) is 12.1 Å². The zero-order valence-electron chi connectivity index (χ0n) is 21.8. The van der Waals surface area contributed by atoms with Gasteiger partial charge in [-0.25, -0.2) is 4.39 Å². The molecule has 0 radical (unpaired) electrons. The number of hydrogen-bond acceptors (Lipinski definition) is 4. The first kappa shape index (κ1) is 26.1. The maximum atomic E-state index is 15.4. The van der Waals surface area contributed by atoms with Crippen molar-refractivity contribution in [2.75, 3.05) is 13.1 Å². The van der Waals surface area contributed by atoms with Crippen molar-refractivity contribution < 1.29 is 23.6 Å². The molecule has 2 aromatic carbocycles. The van der Waals surface area contributed by atoms with Gasteiger partial charge in [-0.3, -0.25) is 24.5 Å². The summed E-state index contributed by atoms with van der Waals surface area (Å²) >= 11 is 6.10. The van der Waals surface area contributed by atoms with Crippen molar-refractivity contribution in [3.05, 3.63) is 69.1 Å². The van der Waals surface area contributed by atoms with Crippen molar-refractivity contribution in [2.45, 2.75) is 45.2 Å². The lowest BCUT2D eigenvalue weighted by Gasteiger charge is -2.29. The lowest BCUT2D eigenvalue weighted by Crippen LogP contribution is -2.52. The molecule has 10 heteroatoms. The molecule has 1 atom stereocenters. The van der Waals surface area contributed by atoms with E-state index in [0.717, 1.165) is 16.5 Å². The molecule has 4 heterocycles. The molecule has 2 saturated heterocycles. The number of carbonyl (C=O) groups is 4. The predicted octanol–water partition coefficient (Wildman–Crippen LogP) is 3.93. The highest BCUT2D eigenvalue weighted by atomic mass is 35.5. The Labute approximate surface area is 234 Å². The molecule has 0 bridgehead atoms. The lowest BCUT2D eigenvalue weighted by atomic mass is 9.96. The minimum absolute atomic E-state index is 0.000856. The van der Waals surface area contributed by atoms with Gasteiger partial charge in [0, 0.05) is 52.5 Å². The number of imide groups is 1. The van der Waals surface area contributed by atoms with Crippen molar-refractivity contribution >= 4 is 46.1 Å². The lowest BCUT2D eigenvalue weighted by molar-refractivity contribution is -0.136. The highest BCUT2D eigenvalue weighted by Crippen LogP contribution is 2.31. The molecule has 1 aromatic heterocycles. The van der Waals surface area contributed by atoms with Crippen LogP contribution in [0.3, 0.4) is 0 Å². The summed E-state index contributed by atoms with van der Waals surface area (Å²) in [5.74, 6) is 4.14. The Balaban J connectivity index is 1.12. The third-order valence-electron chi connectivity index (χ3n) is 8.08. The Kier molecular flexibility index (Phi) is 6.59. The highest BCUT2D eigenvalue weighted by molar-refractivity contribution is 6.31. The van der Waals surface area contributed by atoms with E-state index >= 15 is 4.39 Å². The van der Waals surface area contributed by atoms with Crippen molar-refractivity contribution in [1.82, 2.24) is 20.1 Å². The second-order valence-electron chi connectivity index (χ2n) is 10.5. The van der Waals surface area contributed by atoms with Gasteiger partial charge in [-0.2, -0.15) is 0 Å². The zero-order chi connectivity index (χ0) is 28.1. The molecule has 2 N–H and O–H groups in total. The van der Waals surface area contributed by atoms with Gasteiger partial charge >= 0.3 is 0 Å². The molecule has 3 aromatic rings. The van der Waals surface area contributed by atoms with Gasteiger partial charge in [-0.1, -0.05) is 29.5 Å². The number of carbonyl (C=O) groups excluding carboxylic acids is 4. The molecule has 2 fully saturated rings. The van der Waals surface area contributed by atoms with Crippen LogP contribution < -0.4 is 5.32 Å². The Morgan fingerprint density at radius 3 is 2.62 bits per heavy atom. The van der Waals surface area contributed by atoms with E-state index < -0.39 is 23.7 Å². The van der Waals surface area contributed by atoms with E-state index in [9.17, 15) is 19.2 Å². The number of hydrogen-bond donors (Lipinski definition) is 2. The summed E-state index contributed by atoms with van der Waals surface area (Å²) in [5.41, 5.74) is 2.91. The molecule has 204 valence electrons. The van der Waals surface area contributed by atoms with Gasteiger partial charge < -0.3 is 14.8 Å². The Morgan fingerprint density at radius 1 is 1.10 bits per heavy atom. The average molecular weight is 561 g/mol. The van der Waals surface area contributed by atoms with E-state index in [1.54, 1.807) is 12.1 Å². The molecular weight excluding hydrogens is 535 g/mol. The predicted molar refractivity (Wildman–Crippen MR) is 146 cm³/mol. The molecule has 1 unspecified atom stereocenters. The van der Waals surface area contributed by atoms with Crippen LogP contribution in [0.4, 0.5) is 4.39 Å². The van der Waals surface area contributed by atoms with Crippen LogP contribution in [-0.2, 0) is 16.1 Å². The third kappa shape index (κ3) is 4.52. The molecule has 8 nitrogen and oxygen atoms in total. The first-order valence-electron chi connectivity index (χ1n) is 13.3. The summed E-state index contributed by atoms with van der Waals surface area (Å²) < 4.78 is 15.4. The van der Waals surface area contributed by atoms with Gasteiger partial charge in [0.15, 0.2) is 0 Å². The van der Waals surface area contributed by atoms with Crippen molar-refractivity contribution in [1.29, 1.82) is 0 Å². The van der Waals surface area contributed by atoms with Crippen LogP contribution in [0, 0.1) is 30.5 Å². The molecule has 40 heavy (non-hydrogen) atoms. The van der Waals surface area contributed by atoms with Gasteiger partial charge in [0.1, 0.15) is 17.6 Å². The Hall–Kier alpha value is -4.16. The number of halogens is 2. The van der Waals surface area contributed by atoms with Crippen LogP contribution in [0.1, 0.15) is 63.2 Å². The van der Waals surface area contributed by atoms with Crippen LogP contribution >= 0.6 is 11.6 Å². The summed E-state index contributed by atoms with van der Waals surface area (Å²) in [6, 6.07) is 7.76. The van der Waals surface area contributed by atoms with Crippen LogP contribution in [0.25, 0.3) is 10.9 Å². The summed E-state index contributed by atoms with van der Waals surface area (Å²) in [4.78, 5) is 56.2. The minimum atomic E-state index is -0.801. The zero-order valence-corrected chi connectivity index (χ0v) is 22.5. The maximum Gasteiger partial charge on any atom is 0.270 e. The number of piperidine rings is 2. The number of nitrogens with zero attached hydrogens (tertiary/aromatic N) is 2. The summed E-state index contributed by atoms with van der Waals surface area (Å²) in [6.45, 7) is 2.95. The van der Waals surface area contributed by atoms with E-state index in [2.05, 4.69) is 22.1 Å². The average Bonchev–Trinajstić information content (AvgIpc) is 3.44. The van der Waals surface area contributed by atoms with Crippen molar-refractivity contribution in [3.8, 4) is 11.8 Å². The Bertz CT molecular complexity index is 1660. The fraction of sp³-hybridized carbons (Fsp3) is 0.333.